The number of aryl methyl sites for hydroxylation is 3. The van der Waals surface area contributed by atoms with E-state index in [0.29, 0.717) is 45.5 Å². The topological polar surface area (TPSA) is 125 Å². The van der Waals surface area contributed by atoms with Gasteiger partial charge in [-0.05, 0) is 45.0 Å². The van der Waals surface area contributed by atoms with Crippen LogP contribution in [0.15, 0.2) is 100 Å². The molecule has 0 saturated heterocycles. The van der Waals surface area contributed by atoms with Gasteiger partial charge in [0.05, 0.1) is 11.4 Å². The number of benzene rings is 3. The lowest BCUT2D eigenvalue weighted by molar-refractivity contribution is 0.0721. The number of nitrogens with zero attached hydrogens (tertiary/aromatic N) is 4. The fraction of sp³-hybridized carbons (Fsp3) is 0.0938. The molecule has 6 aromatic rings. The van der Waals surface area contributed by atoms with Crippen molar-refractivity contribution in [2.75, 3.05) is 5.32 Å². The largest absolute Gasteiger partial charge is 0.404 e. The van der Waals surface area contributed by atoms with E-state index in [2.05, 4.69) is 20.7 Å². The molecule has 0 aliphatic rings. The van der Waals surface area contributed by atoms with E-state index in [1.807, 2.05) is 60.7 Å². The minimum Gasteiger partial charge on any atom is -0.404 e. The van der Waals surface area contributed by atoms with Gasteiger partial charge in [0.2, 0.25) is 5.88 Å². The summed E-state index contributed by atoms with van der Waals surface area (Å²) in [5, 5.41) is 15.6. The minimum absolute atomic E-state index is 0.224. The van der Waals surface area contributed by atoms with E-state index in [1.165, 1.54) is 4.68 Å². The van der Waals surface area contributed by atoms with Crippen LogP contribution >= 0.6 is 0 Å². The molecular weight excluding hydrogens is 534 g/mol. The van der Waals surface area contributed by atoms with Crippen LogP contribution in [0.4, 0.5) is 5.69 Å². The first-order chi connectivity index (χ1) is 20.4. The van der Waals surface area contributed by atoms with Gasteiger partial charge >= 0.3 is 5.97 Å². The second kappa shape index (κ2) is 11.0. The molecule has 0 aliphatic heterocycles. The highest BCUT2D eigenvalue weighted by atomic mass is 16.5. The Bertz CT molecular complexity index is 1890. The summed E-state index contributed by atoms with van der Waals surface area (Å²) in [7, 11) is 0. The van der Waals surface area contributed by atoms with E-state index in [1.54, 1.807) is 51.1 Å². The van der Waals surface area contributed by atoms with Crippen LogP contribution < -0.4 is 10.1 Å². The summed E-state index contributed by atoms with van der Waals surface area (Å²) < 4.78 is 18.0. The summed E-state index contributed by atoms with van der Waals surface area (Å²) in [6.45, 7) is 5.16. The quantitative estimate of drug-likeness (QED) is 0.218. The fourth-order valence-corrected chi connectivity index (χ4v) is 4.60. The Morgan fingerprint density at radius 3 is 1.88 bits per heavy atom. The van der Waals surface area contributed by atoms with Gasteiger partial charge in [-0.1, -0.05) is 71.0 Å². The maximum Gasteiger partial charge on any atom is 0.350 e. The van der Waals surface area contributed by atoms with Gasteiger partial charge in [-0.3, -0.25) is 4.79 Å². The Kier molecular flexibility index (Phi) is 6.93. The van der Waals surface area contributed by atoms with Crippen molar-refractivity contribution >= 4 is 17.6 Å². The van der Waals surface area contributed by atoms with Crippen LogP contribution in [0.5, 0.6) is 5.88 Å². The van der Waals surface area contributed by atoms with Gasteiger partial charge in [-0.2, -0.15) is 5.10 Å². The third-order valence-corrected chi connectivity index (χ3v) is 6.62. The van der Waals surface area contributed by atoms with Crippen molar-refractivity contribution in [3.05, 3.63) is 119 Å². The highest BCUT2D eigenvalue weighted by Gasteiger charge is 2.25. The molecule has 0 spiro atoms. The van der Waals surface area contributed by atoms with Crippen LogP contribution in [0.25, 0.3) is 28.2 Å². The number of amides is 1. The maximum atomic E-state index is 13.3. The van der Waals surface area contributed by atoms with Crippen molar-refractivity contribution in [1.82, 2.24) is 20.1 Å². The van der Waals surface area contributed by atoms with Crippen LogP contribution in [0.1, 0.15) is 37.9 Å². The van der Waals surface area contributed by atoms with E-state index in [-0.39, 0.29) is 17.4 Å². The predicted molar refractivity (Wildman–Crippen MR) is 155 cm³/mol. The molecule has 208 valence electrons. The Hall–Kier alpha value is -5.77. The van der Waals surface area contributed by atoms with Gasteiger partial charge in [0.25, 0.3) is 5.91 Å². The third kappa shape index (κ3) is 5.08. The van der Waals surface area contributed by atoms with Gasteiger partial charge in [0.1, 0.15) is 34.0 Å². The molecule has 10 heteroatoms. The molecule has 3 heterocycles. The first-order valence-corrected chi connectivity index (χ1v) is 13.1. The van der Waals surface area contributed by atoms with E-state index >= 15 is 0 Å². The number of aromatic nitrogens is 4. The van der Waals surface area contributed by atoms with E-state index in [4.69, 9.17) is 13.8 Å². The average molecular weight is 560 g/mol. The molecule has 10 nitrogen and oxygen atoms in total. The van der Waals surface area contributed by atoms with Gasteiger partial charge in [-0.25, -0.2) is 9.48 Å². The third-order valence-electron chi connectivity index (χ3n) is 6.62. The molecule has 0 bridgehead atoms. The molecular formula is C32H25N5O5. The maximum absolute atomic E-state index is 13.3. The second-order valence-electron chi connectivity index (χ2n) is 9.58. The van der Waals surface area contributed by atoms with Crippen molar-refractivity contribution in [2.45, 2.75) is 20.8 Å². The molecule has 1 N–H and O–H groups in total. The zero-order valence-electron chi connectivity index (χ0n) is 23.0. The summed E-state index contributed by atoms with van der Waals surface area (Å²) in [6.07, 6.45) is 0. The SMILES string of the molecule is Cc1cc(OC(=O)c2c(-c3ccccc3)noc2C)n(-c2ccc(NC(=O)c3c(-c4ccccc4)noc3C)cc2)n1. The molecule has 6 rings (SSSR count). The number of anilines is 1. The Morgan fingerprint density at radius 1 is 0.738 bits per heavy atom. The normalized spacial score (nSPS) is 10.9. The van der Waals surface area contributed by atoms with Crippen LogP contribution in [-0.2, 0) is 0 Å². The van der Waals surface area contributed by atoms with Crippen molar-refractivity contribution in [1.29, 1.82) is 0 Å². The Labute approximate surface area is 240 Å². The van der Waals surface area contributed by atoms with Crippen molar-refractivity contribution < 1.29 is 23.4 Å². The molecule has 3 aromatic carbocycles. The van der Waals surface area contributed by atoms with Gasteiger partial charge in [0, 0.05) is 22.9 Å². The molecule has 0 aliphatic carbocycles. The van der Waals surface area contributed by atoms with Crippen LogP contribution in [0, 0.1) is 20.8 Å². The zero-order valence-corrected chi connectivity index (χ0v) is 23.0. The molecule has 0 saturated carbocycles. The molecule has 3 aromatic heterocycles. The number of hydrogen-bond acceptors (Lipinski definition) is 8. The van der Waals surface area contributed by atoms with Gasteiger partial charge in [-0.15, -0.1) is 0 Å². The Balaban J connectivity index is 1.22. The van der Waals surface area contributed by atoms with E-state index < -0.39 is 5.97 Å². The highest BCUT2D eigenvalue weighted by molar-refractivity contribution is 6.08. The number of nitrogens with one attached hydrogen (secondary N) is 1. The molecule has 0 unspecified atom stereocenters. The van der Waals surface area contributed by atoms with E-state index in [9.17, 15) is 9.59 Å². The number of rotatable bonds is 7. The van der Waals surface area contributed by atoms with Gasteiger partial charge < -0.3 is 19.1 Å². The Morgan fingerprint density at radius 2 is 1.29 bits per heavy atom. The summed E-state index contributed by atoms with van der Waals surface area (Å²) in [5.41, 5.74) is 4.82. The van der Waals surface area contributed by atoms with Crippen LogP contribution in [0.2, 0.25) is 0 Å². The number of hydrogen-bond donors (Lipinski definition) is 1. The number of ether oxygens (including phenoxy) is 1. The van der Waals surface area contributed by atoms with Crippen molar-refractivity contribution in [3.8, 4) is 34.1 Å². The minimum atomic E-state index is -0.615. The molecule has 1 amide bonds. The smallest absolute Gasteiger partial charge is 0.350 e. The first kappa shape index (κ1) is 26.5. The summed E-state index contributed by atoms with van der Waals surface area (Å²) >= 11 is 0. The zero-order chi connectivity index (χ0) is 29.2. The van der Waals surface area contributed by atoms with Crippen LogP contribution in [0.3, 0.4) is 0 Å². The number of carbonyl (C=O) groups is 2. The summed E-state index contributed by atoms with van der Waals surface area (Å²) in [5.74, 6) is 0.0285. The number of esters is 1. The van der Waals surface area contributed by atoms with E-state index in [0.717, 1.165) is 11.1 Å². The molecule has 42 heavy (non-hydrogen) atoms. The lowest BCUT2D eigenvalue weighted by Crippen LogP contribution is -2.14. The average Bonchev–Trinajstić information content (AvgIpc) is 3.70. The number of carbonyl (C=O) groups excluding carboxylic acids is 2. The monoisotopic (exact) mass is 559 g/mol. The fourth-order valence-electron chi connectivity index (χ4n) is 4.60. The molecule has 0 atom stereocenters. The first-order valence-electron chi connectivity index (χ1n) is 13.1. The lowest BCUT2D eigenvalue weighted by Gasteiger charge is -2.10. The second-order valence-corrected chi connectivity index (χ2v) is 9.58. The van der Waals surface area contributed by atoms with Crippen molar-refractivity contribution in [2.24, 2.45) is 0 Å². The molecule has 0 fully saturated rings. The van der Waals surface area contributed by atoms with Gasteiger partial charge in [0.15, 0.2) is 0 Å². The van der Waals surface area contributed by atoms with Crippen LogP contribution in [-0.4, -0.2) is 32.0 Å². The standard InChI is InChI=1S/C32H25N5O5/c1-19-18-26(40-32(39)28-21(3)42-36-30(28)23-12-8-5-9-13-23)37(34-19)25-16-14-24(15-17-25)33-31(38)27-20(2)41-35-29(27)22-10-6-4-7-11-22/h4-18H,1-3H3,(H,33,38). The van der Waals surface area contributed by atoms with Crippen molar-refractivity contribution in [3.63, 3.8) is 0 Å². The lowest BCUT2D eigenvalue weighted by atomic mass is 10.1. The highest BCUT2D eigenvalue weighted by Crippen LogP contribution is 2.29. The predicted octanol–water partition coefficient (Wildman–Crippen LogP) is 6.58. The summed E-state index contributed by atoms with van der Waals surface area (Å²) in [4.78, 5) is 26.5. The molecule has 0 radical (unpaired) electrons. The summed E-state index contributed by atoms with van der Waals surface area (Å²) in [6, 6.07) is 27.3.